The van der Waals surface area contributed by atoms with Gasteiger partial charge in [0.1, 0.15) is 6.10 Å². The molecule has 2 aromatic rings. The molecule has 3 rings (SSSR count). The maximum absolute atomic E-state index is 9.84. The van der Waals surface area contributed by atoms with Crippen LogP contribution in [0.2, 0.25) is 5.02 Å². The Morgan fingerprint density at radius 3 is 3.11 bits per heavy atom. The lowest BCUT2D eigenvalue weighted by molar-refractivity contribution is 0.130. The van der Waals surface area contributed by atoms with Crippen molar-refractivity contribution < 1.29 is 5.11 Å². The van der Waals surface area contributed by atoms with Crippen molar-refractivity contribution >= 4 is 11.6 Å². The first-order valence-electron chi connectivity index (χ1n) is 6.08. The van der Waals surface area contributed by atoms with E-state index in [1.54, 1.807) is 0 Å². The number of nitrogens with zero attached hydrogens (tertiary/aromatic N) is 3. The molecule has 0 aliphatic carbocycles. The number of benzene rings is 1. The first-order chi connectivity index (χ1) is 8.72. The summed E-state index contributed by atoms with van der Waals surface area (Å²) < 4.78 is 1.81. The Labute approximate surface area is 110 Å². The zero-order valence-electron chi connectivity index (χ0n) is 9.88. The van der Waals surface area contributed by atoms with Crippen molar-refractivity contribution in [3.8, 4) is 0 Å². The van der Waals surface area contributed by atoms with Crippen LogP contribution in [0.15, 0.2) is 24.3 Å². The third-order valence-electron chi connectivity index (χ3n) is 3.14. The number of aromatic nitrogens is 3. The van der Waals surface area contributed by atoms with Gasteiger partial charge in [0.15, 0.2) is 11.6 Å². The van der Waals surface area contributed by atoms with Crippen LogP contribution in [-0.4, -0.2) is 19.9 Å². The lowest BCUT2D eigenvalue weighted by atomic mass is 10.1. The highest BCUT2D eigenvalue weighted by atomic mass is 35.5. The summed E-state index contributed by atoms with van der Waals surface area (Å²) in [5, 5.41) is 15.0. The summed E-state index contributed by atoms with van der Waals surface area (Å²) in [6.45, 7) is 0.842. The van der Waals surface area contributed by atoms with Crippen molar-refractivity contribution in [1.82, 2.24) is 14.8 Å². The second kappa shape index (κ2) is 4.71. The number of hydrogen-bond donors (Lipinski definition) is 1. The first kappa shape index (κ1) is 11.7. The van der Waals surface area contributed by atoms with Crippen LogP contribution >= 0.6 is 11.6 Å². The predicted octanol–water partition coefficient (Wildman–Crippen LogP) is 2.35. The van der Waals surface area contributed by atoms with Gasteiger partial charge in [-0.15, -0.1) is 0 Å². The van der Waals surface area contributed by atoms with Crippen LogP contribution in [0.4, 0.5) is 0 Å². The van der Waals surface area contributed by atoms with Crippen molar-refractivity contribution in [2.75, 3.05) is 0 Å². The van der Waals surface area contributed by atoms with Crippen molar-refractivity contribution in [3.63, 3.8) is 0 Å². The van der Waals surface area contributed by atoms with E-state index in [2.05, 4.69) is 10.1 Å². The Hall–Kier alpha value is -1.39. The minimum Gasteiger partial charge on any atom is -0.385 e. The Bertz CT molecular complexity index is 567. The molecule has 0 bridgehead atoms. The first-order valence-corrected chi connectivity index (χ1v) is 6.46. The smallest absolute Gasteiger partial charge is 0.156 e. The quantitative estimate of drug-likeness (QED) is 0.905. The van der Waals surface area contributed by atoms with E-state index in [4.69, 9.17) is 11.6 Å². The fourth-order valence-corrected chi connectivity index (χ4v) is 2.49. The number of halogens is 1. The van der Waals surface area contributed by atoms with Crippen molar-refractivity contribution in [3.05, 3.63) is 46.5 Å². The van der Waals surface area contributed by atoms with Gasteiger partial charge in [-0.05, 0) is 30.5 Å². The van der Waals surface area contributed by atoms with Gasteiger partial charge in [0.25, 0.3) is 0 Å². The standard InChI is InChI=1S/C13H14ClN3O/c14-10-4-1-3-9(7-10)8-12-15-13-11(18)5-2-6-17(13)16-12/h1,3-4,7,11,18H,2,5-6,8H2. The monoisotopic (exact) mass is 263 g/mol. The molecule has 1 aromatic heterocycles. The second-order valence-corrected chi connectivity index (χ2v) is 5.01. The van der Waals surface area contributed by atoms with Gasteiger partial charge < -0.3 is 5.11 Å². The summed E-state index contributed by atoms with van der Waals surface area (Å²) in [6, 6.07) is 7.68. The predicted molar refractivity (Wildman–Crippen MR) is 68.5 cm³/mol. The molecule has 0 amide bonds. The van der Waals surface area contributed by atoms with E-state index in [0.29, 0.717) is 12.2 Å². The molecular weight excluding hydrogens is 250 g/mol. The summed E-state index contributed by atoms with van der Waals surface area (Å²) in [4.78, 5) is 4.42. The summed E-state index contributed by atoms with van der Waals surface area (Å²) >= 11 is 5.95. The van der Waals surface area contributed by atoms with E-state index in [-0.39, 0.29) is 0 Å². The molecule has 18 heavy (non-hydrogen) atoms. The SMILES string of the molecule is OC1CCCn2nc(Cc3cccc(Cl)c3)nc21. The van der Waals surface area contributed by atoms with Gasteiger partial charge >= 0.3 is 0 Å². The summed E-state index contributed by atoms with van der Waals surface area (Å²) in [5.74, 6) is 1.44. The lowest BCUT2D eigenvalue weighted by Crippen LogP contribution is -2.16. The number of aryl methyl sites for hydroxylation is 1. The topological polar surface area (TPSA) is 50.9 Å². The van der Waals surface area contributed by atoms with Crippen molar-refractivity contribution in [1.29, 1.82) is 0 Å². The Balaban J connectivity index is 1.85. The molecule has 0 fully saturated rings. The van der Waals surface area contributed by atoms with E-state index >= 15 is 0 Å². The number of hydrogen-bond acceptors (Lipinski definition) is 3. The van der Waals surface area contributed by atoms with Gasteiger partial charge in [0, 0.05) is 18.0 Å². The molecule has 1 N–H and O–H groups in total. The van der Waals surface area contributed by atoms with E-state index < -0.39 is 6.10 Å². The Morgan fingerprint density at radius 2 is 2.33 bits per heavy atom. The normalized spacial score (nSPS) is 18.7. The van der Waals surface area contributed by atoms with Gasteiger partial charge in [-0.3, -0.25) is 0 Å². The highest BCUT2D eigenvalue weighted by Gasteiger charge is 2.21. The van der Waals surface area contributed by atoms with Gasteiger partial charge in [0.05, 0.1) is 0 Å². The van der Waals surface area contributed by atoms with Crippen LogP contribution in [0.5, 0.6) is 0 Å². The second-order valence-electron chi connectivity index (χ2n) is 4.57. The fourth-order valence-electron chi connectivity index (χ4n) is 2.28. The maximum atomic E-state index is 9.84. The third-order valence-corrected chi connectivity index (χ3v) is 3.38. The maximum Gasteiger partial charge on any atom is 0.156 e. The molecule has 2 heterocycles. The number of aliphatic hydroxyl groups is 1. The van der Waals surface area contributed by atoms with Crippen LogP contribution in [0.1, 0.15) is 36.2 Å². The molecule has 0 saturated heterocycles. The zero-order valence-corrected chi connectivity index (χ0v) is 10.6. The van der Waals surface area contributed by atoms with Crippen LogP contribution in [0.25, 0.3) is 0 Å². The molecule has 1 aliphatic heterocycles. The van der Waals surface area contributed by atoms with Crippen LogP contribution in [0.3, 0.4) is 0 Å². The Morgan fingerprint density at radius 1 is 1.44 bits per heavy atom. The number of rotatable bonds is 2. The van der Waals surface area contributed by atoms with E-state index in [1.165, 1.54) is 0 Å². The molecule has 0 spiro atoms. The lowest BCUT2D eigenvalue weighted by Gasteiger charge is -2.16. The highest BCUT2D eigenvalue weighted by Crippen LogP contribution is 2.23. The Kier molecular flexibility index (Phi) is 3.06. The molecule has 1 aliphatic rings. The van der Waals surface area contributed by atoms with E-state index in [0.717, 1.165) is 35.8 Å². The average molecular weight is 264 g/mol. The molecule has 1 aromatic carbocycles. The average Bonchev–Trinajstić information content (AvgIpc) is 2.73. The third kappa shape index (κ3) is 2.26. The number of fused-ring (bicyclic) bond motifs is 1. The minimum atomic E-state index is -0.473. The summed E-state index contributed by atoms with van der Waals surface area (Å²) in [5.41, 5.74) is 1.08. The van der Waals surface area contributed by atoms with Gasteiger partial charge in [0.2, 0.25) is 0 Å². The van der Waals surface area contributed by atoms with Crippen LogP contribution in [-0.2, 0) is 13.0 Å². The van der Waals surface area contributed by atoms with Crippen LogP contribution in [0, 0.1) is 0 Å². The largest absolute Gasteiger partial charge is 0.385 e. The van der Waals surface area contributed by atoms with E-state index in [1.807, 2.05) is 28.9 Å². The van der Waals surface area contributed by atoms with Gasteiger partial charge in [-0.1, -0.05) is 23.7 Å². The molecular formula is C13H14ClN3O. The summed E-state index contributed by atoms with van der Waals surface area (Å²) in [6.07, 6.45) is 1.90. The zero-order chi connectivity index (χ0) is 12.5. The van der Waals surface area contributed by atoms with Crippen LogP contribution < -0.4 is 0 Å². The molecule has 0 radical (unpaired) electrons. The highest BCUT2D eigenvalue weighted by molar-refractivity contribution is 6.30. The fraction of sp³-hybridized carbons (Fsp3) is 0.385. The molecule has 0 saturated carbocycles. The molecule has 5 heteroatoms. The summed E-state index contributed by atoms with van der Waals surface area (Å²) in [7, 11) is 0. The van der Waals surface area contributed by atoms with Gasteiger partial charge in [-0.25, -0.2) is 9.67 Å². The van der Waals surface area contributed by atoms with E-state index in [9.17, 15) is 5.11 Å². The number of aliphatic hydroxyl groups excluding tert-OH is 1. The van der Waals surface area contributed by atoms with Gasteiger partial charge in [-0.2, -0.15) is 5.10 Å². The molecule has 1 atom stereocenters. The van der Waals surface area contributed by atoms with Crippen molar-refractivity contribution in [2.45, 2.75) is 31.9 Å². The van der Waals surface area contributed by atoms with Crippen molar-refractivity contribution in [2.24, 2.45) is 0 Å². The molecule has 4 nitrogen and oxygen atoms in total. The molecule has 1 unspecified atom stereocenters. The minimum absolute atomic E-state index is 0.473. The molecule has 94 valence electrons.